The number of carbonyl (C=O) groups excluding carboxylic acids is 1. The number of rotatable bonds is 4. The molecule has 6 nitrogen and oxygen atoms in total. The first-order valence-electron chi connectivity index (χ1n) is 5.58. The minimum Gasteiger partial charge on any atom is -0.344 e. The number of nitrogens with zero attached hydrogens (tertiary/aromatic N) is 4. The third-order valence-corrected chi connectivity index (χ3v) is 2.83. The van der Waals surface area contributed by atoms with Crippen molar-refractivity contribution in [1.29, 1.82) is 0 Å². The lowest BCUT2D eigenvalue weighted by Crippen LogP contribution is -2.24. The zero-order valence-electron chi connectivity index (χ0n) is 9.68. The lowest BCUT2D eigenvalue weighted by atomic mass is 10.2. The molecule has 88 valence electrons. The van der Waals surface area contributed by atoms with Gasteiger partial charge in [0.2, 0.25) is 5.91 Å². The van der Waals surface area contributed by atoms with Crippen molar-refractivity contribution < 1.29 is 4.79 Å². The molecule has 6 heteroatoms. The lowest BCUT2D eigenvalue weighted by Gasteiger charge is -2.09. The highest BCUT2D eigenvalue weighted by molar-refractivity contribution is 5.82. The average molecular weight is 223 g/mol. The predicted molar refractivity (Wildman–Crippen MR) is 58.7 cm³/mol. The number of hydrogen-bond acceptors (Lipinski definition) is 4. The molecule has 0 bridgehead atoms. The van der Waals surface area contributed by atoms with Crippen molar-refractivity contribution >= 4 is 5.91 Å². The Bertz CT molecular complexity index is 375. The molecule has 1 atom stereocenters. The molecule has 0 saturated carbocycles. The van der Waals surface area contributed by atoms with Crippen LogP contribution in [-0.2, 0) is 11.3 Å². The first kappa shape index (κ1) is 11.1. The quantitative estimate of drug-likeness (QED) is 0.767. The fourth-order valence-corrected chi connectivity index (χ4v) is 1.85. The van der Waals surface area contributed by atoms with E-state index in [1.54, 1.807) is 9.58 Å². The SMILES string of the molecule is CCNCc1cn(C2CCN(C)C2=O)nn1. The summed E-state index contributed by atoms with van der Waals surface area (Å²) in [6, 6.07) is -0.159. The molecule has 0 aromatic carbocycles. The molecular weight excluding hydrogens is 206 g/mol. The fraction of sp³-hybridized carbons (Fsp3) is 0.700. The molecule has 1 N–H and O–H groups in total. The van der Waals surface area contributed by atoms with Crippen LogP contribution < -0.4 is 5.32 Å². The van der Waals surface area contributed by atoms with Crippen molar-refractivity contribution in [3.05, 3.63) is 11.9 Å². The molecule has 1 aliphatic rings. The summed E-state index contributed by atoms with van der Waals surface area (Å²) in [5, 5.41) is 11.2. The van der Waals surface area contributed by atoms with E-state index in [2.05, 4.69) is 15.6 Å². The molecule has 2 heterocycles. The molecule has 2 rings (SSSR count). The second-order valence-corrected chi connectivity index (χ2v) is 4.03. The van der Waals surface area contributed by atoms with Gasteiger partial charge >= 0.3 is 0 Å². The molecule has 1 amide bonds. The Labute approximate surface area is 94.6 Å². The highest BCUT2D eigenvalue weighted by Gasteiger charge is 2.31. The summed E-state index contributed by atoms with van der Waals surface area (Å²) < 4.78 is 1.68. The van der Waals surface area contributed by atoms with E-state index in [1.165, 1.54) is 0 Å². The summed E-state index contributed by atoms with van der Waals surface area (Å²) in [7, 11) is 1.82. The normalized spacial score (nSPS) is 20.8. The predicted octanol–water partition coefficient (Wildman–Crippen LogP) is -0.209. The summed E-state index contributed by atoms with van der Waals surface area (Å²) in [5.74, 6) is 0.125. The minimum absolute atomic E-state index is 0.125. The molecule has 0 aliphatic carbocycles. The fourth-order valence-electron chi connectivity index (χ4n) is 1.85. The third kappa shape index (κ3) is 2.06. The number of likely N-dealkylation sites (tertiary alicyclic amines) is 1. The smallest absolute Gasteiger partial charge is 0.247 e. The maximum Gasteiger partial charge on any atom is 0.247 e. The van der Waals surface area contributed by atoms with Crippen LogP contribution in [0.3, 0.4) is 0 Å². The van der Waals surface area contributed by atoms with Gasteiger partial charge in [0.25, 0.3) is 0 Å². The van der Waals surface area contributed by atoms with Gasteiger partial charge in [-0.1, -0.05) is 12.1 Å². The van der Waals surface area contributed by atoms with Gasteiger partial charge in [0, 0.05) is 20.1 Å². The number of likely N-dealkylation sites (N-methyl/N-ethyl adjacent to an activating group) is 1. The number of aromatic nitrogens is 3. The Hall–Kier alpha value is -1.43. The van der Waals surface area contributed by atoms with Gasteiger partial charge < -0.3 is 10.2 Å². The van der Waals surface area contributed by atoms with Crippen LogP contribution >= 0.6 is 0 Å². The molecule has 1 aromatic rings. The summed E-state index contributed by atoms with van der Waals surface area (Å²) in [6.45, 7) is 4.44. The number of amides is 1. The van der Waals surface area contributed by atoms with Gasteiger partial charge in [-0.25, -0.2) is 4.68 Å². The van der Waals surface area contributed by atoms with Crippen molar-refractivity contribution in [2.45, 2.75) is 25.9 Å². The van der Waals surface area contributed by atoms with E-state index in [0.29, 0.717) is 6.54 Å². The molecule has 1 aliphatic heterocycles. The summed E-state index contributed by atoms with van der Waals surface area (Å²) in [5.41, 5.74) is 0.879. The van der Waals surface area contributed by atoms with Crippen molar-refractivity contribution in [1.82, 2.24) is 25.2 Å². The largest absolute Gasteiger partial charge is 0.344 e. The molecular formula is C10H17N5O. The second kappa shape index (κ2) is 4.61. The first-order valence-corrected chi connectivity index (χ1v) is 5.58. The van der Waals surface area contributed by atoms with E-state index >= 15 is 0 Å². The van der Waals surface area contributed by atoms with Gasteiger partial charge in [-0.2, -0.15) is 0 Å². The van der Waals surface area contributed by atoms with Gasteiger partial charge in [0.15, 0.2) is 0 Å². The maximum atomic E-state index is 11.8. The average Bonchev–Trinajstić information content (AvgIpc) is 2.85. The van der Waals surface area contributed by atoms with Gasteiger partial charge in [0.05, 0.1) is 11.9 Å². The third-order valence-electron chi connectivity index (χ3n) is 2.83. The van der Waals surface area contributed by atoms with E-state index in [1.807, 2.05) is 20.2 Å². The molecule has 0 radical (unpaired) electrons. The molecule has 0 spiro atoms. The lowest BCUT2D eigenvalue weighted by molar-refractivity contribution is -0.129. The van der Waals surface area contributed by atoms with Crippen LogP contribution in [0.1, 0.15) is 25.1 Å². The van der Waals surface area contributed by atoms with Crippen molar-refractivity contribution in [3.63, 3.8) is 0 Å². The van der Waals surface area contributed by atoms with Crippen LogP contribution in [0.4, 0.5) is 0 Å². The molecule has 1 aromatic heterocycles. The van der Waals surface area contributed by atoms with Crippen LogP contribution in [0.25, 0.3) is 0 Å². The van der Waals surface area contributed by atoms with Crippen LogP contribution in [0.2, 0.25) is 0 Å². The molecule has 1 fully saturated rings. The number of nitrogens with one attached hydrogen (secondary N) is 1. The molecule has 1 saturated heterocycles. The van der Waals surface area contributed by atoms with Gasteiger partial charge in [-0.15, -0.1) is 5.10 Å². The maximum absolute atomic E-state index is 11.8. The van der Waals surface area contributed by atoms with E-state index < -0.39 is 0 Å². The number of hydrogen-bond donors (Lipinski definition) is 1. The zero-order valence-corrected chi connectivity index (χ0v) is 9.68. The van der Waals surface area contributed by atoms with Crippen LogP contribution in [0.15, 0.2) is 6.20 Å². The Kier molecular flexibility index (Phi) is 3.19. The van der Waals surface area contributed by atoms with Crippen LogP contribution in [-0.4, -0.2) is 45.9 Å². The van der Waals surface area contributed by atoms with E-state index in [4.69, 9.17) is 0 Å². The van der Waals surface area contributed by atoms with Gasteiger partial charge in [-0.3, -0.25) is 4.79 Å². The second-order valence-electron chi connectivity index (χ2n) is 4.03. The Morgan fingerprint density at radius 2 is 2.44 bits per heavy atom. The Balaban J connectivity index is 2.04. The van der Waals surface area contributed by atoms with E-state index in [0.717, 1.165) is 25.2 Å². The first-order chi connectivity index (χ1) is 7.72. The highest BCUT2D eigenvalue weighted by Crippen LogP contribution is 2.20. The zero-order chi connectivity index (χ0) is 11.5. The van der Waals surface area contributed by atoms with Crippen molar-refractivity contribution in [2.24, 2.45) is 0 Å². The van der Waals surface area contributed by atoms with Crippen LogP contribution in [0, 0.1) is 0 Å². The Morgan fingerprint density at radius 3 is 3.06 bits per heavy atom. The minimum atomic E-state index is -0.159. The van der Waals surface area contributed by atoms with Crippen molar-refractivity contribution in [3.8, 4) is 0 Å². The highest BCUT2D eigenvalue weighted by atomic mass is 16.2. The topological polar surface area (TPSA) is 63.1 Å². The van der Waals surface area contributed by atoms with E-state index in [-0.39, 0.29) is 11.9 Å². The van der Waals surface area contributed by atoms with E-state index in [9.17, 15) is 4.79 Å². The Morgan fingerprint density at radius 1 is 1.62 bits per heavy atom. The number of carbonyl (C=O) groups is 1. The van der Waals surface area contributed by atoms with Gasteiger partial charge in [-0.05, 0) is 13.0 Å². The van der Waals surface area contributed by atoms with Gasteiger partial charge in [0.1, 0.15) is 6.04 Å². The summed E-state index contributed by atoms with van der Waals surface area (Å²) in [4.78, 5) is 13.5. The summed E-state index contributed by atoms with van der Waals surface area (Å²) in [6.07, 6.45) is 2.67. The molecule has 1 unspecified atom stereocenters. The summed E-state index contributed by atoms with van der Waals surface area (Å²) >= 11 is 0. The molecule has 16 heavy (non-hydrogen) atoms. The van der Waals surface area contributed by atoms with Crippen molar-refractivity contribution in [2.75, 3.05) is 20.1 Å². The van der Waals surface area contributed by atoms with Crippen LogP contribution in [0.5, 0.6) is 0 Å². The monoisotopic (exact) mass is 223 g/mol. The standard InChI is InChI=1S/C10H17N5O/c1-3-11-6-8-7-15(13-12-8)9-4-5-14(2)10(9)16/h7,9,11H,3-6H2,1-2H3.